The predicted octanol–water partition coefficient (Wildman–Crippen LogP) is 3.04. The highest BCUT2D eigenvalue weighted by Crippen LogP contribution is 2.32. The van der Waals surface area contributed by atoms with Gasteiger partial charge in [-0.25, -0.2) is 4.79 Å². The molecule has 1 aliphatic carbocycles. The van der Waals surface area contributed by atoms with Gasteiger partial charge in [0.25, 0.3) is 0 Å². The number of amides is 3. The van der Waals surface area contributed by atoms with Crippen LogP contribution in [-0.4, -0.2) is 71.1 Å². The van der Waals surface area contributed by atoms with Crippen molar-refractivity contribution in [3.63, 3.8) is 0 Å². The van der Waals surface area contributed by atoms with Gasteiger partial charge in [-0.2, -0.15) is 11.8 Å². The number of alkyl carbamates (subject to hydrolysis) is 1. The standard InChI is InChI=1S/C24H44N4O4S/c1-5-14-32-23(31)27-20(24(3,4)33-15-6-2)22(30)28-13-7-8-19(28)21(29)26-16-17-9-11-18(25)12-10-17/h17-20H,5-16,25H2,1-4H3,(H,26,29)(H,27,31)/t17?,18?,19-,20-/m0/s1. The Morgan fingerprint density at radius 2 is 1.82 bits per heavy atom. The van der Waals surface area contributed by atoms with Gasteiger partial charge in [0, 0.05) is 23.9 Å². The van der Waals surface area contributed by atoms with Crippen molar-refractivity contribution in [2.45, 2.75) is 102 Å². The maximum atomic E-state index is 13.7. The molecule has 1 heterocycles. The molecule has 2 rings (SSSR count). The third kappa shape index (κ3) is 8.35. The van der Waals surface area contributed by atoms with Gasteiger partial charge in [-0.15, -0.1) is 0 Å². The van der Waals surface area contributed by atoms with E-state index in [1.54, 1.807) is 16.7 Å². The van der Waals surface area contributed by atoms with Crippen molar-refractivity contribution in [1.29, 1.82) is 0 Å². The van der Waals surface area contributed by atoms with E-state index < -0.39 is 22.9 Å². The van der Waals surface area contributed by atoms with E-state index in [-0.39, 0.29) is 17.9 Å². The molecule has 0 unspecified atom stereocenters. The van der Waals surface area contributed by atoms with Crippen molar-refractivity contribution >= 4 is 29.7 Å². The van der Waals surface area contributed by atoms with Crippen LogP contribution in [0.4, 0.5) is 4.79 Å². The number of hydrogen-bond donors (Lipinski definition) is 3. The first-order valence-electron chi connectivity index (χ1n) is 12.6. The van der Waals surface area contributed by atoms with Gasteiger partial charge in [0.2, 0.25) is 11.8 Å². The second-order valence-electron chi connectivity index (χ2n) is 9.88. The normalized spacial score (nSPS) is 24.3. The Balaban J connectivity index is 2.05. The molecule has 2 aliphatic rings. The molecule has 3 amide bonds. The molecule has 33 heavy (non-hydrogen) atoms. The number of nitrogens with two attached hydrogens (primary N) is 1. The zero-order valence-electron chi connectivity index (χ0n) is 20.9. The third-order valence-corrected chi connectivity index (χ3v) is 8.21. The summed E-state index contributed by atoms with van der Waals surface area (Å²) >= 11 is 1.65. The summed E-state index contributed by atoms with van der Waals surface area (Å²) in [5.74, 6) is 1.02. The van der Waals surface area contributed by atoms with Crippen molar-refractivity contribution in [1.82, 2.24) is 15.5 Å². The fourth-order valence-corrected chi connectivity index (χ4v) is 5.62. The van der Waals surface area contributed by atoms with Crippen LogP contribution in [-0.2, 0) is 14.3 Å². The number of ether oxygens (including phenoxy) is 1. The third-order valence-electron chi connectivity index (χ3n) is 6.61. The molecule has 0 aromatic heterocycles. The number of carbonyl (C=O) groups is 3. The quantitative estimate of drug-likeness (QED) is 0.415. The van der Waals surface area contributed by atoms with Crippen LogP contribution in [0.2, 0.25) is 0 Å². The molecule has 2 atom stereocenters. The van der Waals surface area contributed by atoms with Gasteiger partial charge in [-0.1, -0.05) is 13.8 Å². The lowest BCUT2D eigenvalue weighted by atomic mass is 9.86. The van der Waals surface area contributed by atoms with E-state index in [0.717, 1.165) is 44.3 Å². The van der Waals surface area contributed by atoms with Crippen LogP contribution < -0.4 is 16.4 Å². The largest absolute Gasteiger partial charge is 0.450 e. The zero-order valence-corrected chi connectivity index (χ0v) is 21.7. The maximum absolute atomic E-state index is 13.7. The molecule has 8 nitrogen and oxygen atoms in total. The fourth-order valence-electron chi connectivity index (χ4n) is 4.56. The van der Waals surface area contributed by atoms with Crippen molar-refractivity contribution in [3.05, 3.63) is 0 Å². The van der Waals surface area contributed by atoms with Crippen LogP contribution >= 0.6 is 11.8 Å². The number of likely N-dealkylation sites (tertiary alicyclic amines) is 1. The van der Waals surface area contributed by atoms with Crippen LogP contribution in [0.5, 0.6) is 0 Å². The van der Waals surface area contributed by atoms with E-state index in [9.17, 15) is 14.4 Å². The van der Waals surface area contributed by atoms with Gasteiger partial charge >= 0.3 is 6.09 Å². The van der Waals surface area contributed by atoms with Crippen LogP contribution in [0.25, 0.3) is 0 Å². The Morgan fingerprint density at radius 3 is 2.45 bits per heavy atom. The zero-order chi connectivity index (χ0) is 24.4. The Hall–Kier alpha value is -1.48. The molecule has 0 radical (unpaired) electrons. The molecule has 0 bridgehead atoms. The van der Waals surface area contributed by atoms with Gasteiger partial charge in [0.05, 0.1) is 6.61 Å². The van der Waals surface area contributed by atoms with E-state index in [0.29, 0.717) is 38.5 Å². The summed E-state index contributed by atoms with van der Waals surface area (Å²) < 4.78 is 4.66. The lowest BCUT2D eigenvalue weighted by molar-refractivity contribution is -0.140. The summed E-state index contributed by atoms with van der Waals surface area (Å²) in [7, 11) is 0. The van der Waals surface area contributed by atoms with E-state index >= 15 is 0 Å². The second kappa shape index (κ2) is 13.4. The van der Waals surface area contributed by atoms with Gasteiger partial charge in [-0.3, -0.25) is 9.59 Å². The van der Waals surface area contributed by atoms with Gasteiger partial charge in [0.1, 0.15) is 12.1 Å². The first-order chi connectivity index (χ1) is 15.7. The summed E-state index contributed by atoms with van der Waals surface area (Å²) in [5.41, 5.74) is 5.99. The topological polar surface area (TPSA) is 114 Å². The SMILES string of the molecule is CCCOC(=O)N[C@@H](C(=O)N1CCC[C@H]1C(=O)NCC1CCC(N)CC1)C(C)(C)SCCC. The smallest absolute Gasteiger partial charge is 0.407 e. The van der Waals surface area contributed by atoms with Crippen molar-refractivity contribution < 1.29 is 19.1 Å². The Morgan fingerprint density at radius 1 is 1.12 bits per heavy atom. The highest BCUT2D eigenvalue weighted by molar-refractivity contribution is 8.00. The molecule has 1 saturated heterocycles. The summed E-state index contributed by atoms with van der Waals surface area (Å²) in [6.07, 6.45) is 6.57. The molecule has 190 valence electrons. The number of thioether (sulfide) groups is 1. The second-order valence-corrected chi connectivity index (χ2v) is 11.6. The highest BCUT2D eigenvalue weighted by Gasteiger charge is 2.44. The summed E-state index contributed by atoms with van der Waals surface area (Å²) in [6, 6.07) is -0.986. The van der Waals surface area contributed by atoms with Gasteiger partial charge in [-0.05, 0) is 76.9 Å². The molecule has 0 aromatic carbocycles. The van der Waals surface area contributed by atoms with E-state index in [4.69, 9.17) is 10.5 Å². The summed E-state index contributed by atoms with van der Waals surface area (Å²) in [5, 5.41) is 5.89. The van der Waals surface area contributed by atoms with Crippen molar-refractivity contribution in [2.75, 3.05) is 25.4 Å². The lowest BCUT2D eigenvalue weighted by Crippen LogP contribution is -2.60. The average Bonchev–Trinajstić information content (AvgIpc) is 3.29. The van der Waals surface area contributed by atoms with Gasteiger partial charge in [0.15, 0.2) is 0 Å². The number of rotatable bonds is 11. The molecule has 1 saturated carbocycles. The summed E-state index contributed by atoms with van der Waals surface area (Å²) in [4.78, 5) is 40.7. The number of nitrogens with zero attached hydrogens (tertiary/aromatic N) is 1. The Kier molecular flexibility index (Phi) is 11.3. The van der Waals surface area contributed by atoms with E-state index in [2.05, 4.69) is 17.6 Å². The van der Waals surface area contributed by atoms with E-state index in [1.165, 1.54) is 0 Å². The highest BCUT2D eigenvalue weighted by atomic mass is 32.2. The predicted molar refractivity (Wildman–Crippen MR) is 133 cm³/mol. The van der Waals surface area contributed by atoms with Gasteiger partial charge < -0.3 is 26.0 Å². The first-order valence-corrected chi connectivity index (χ1v) is 13.6. The first kappa shape index (κ1) is 27.8. The molecule has 2 fully saturated rings. The number of nitrogens with one attached hydrogen (secondary N) is 2. The van der Waals surface area contributed by atoms with Crippen LogP contribution in [0.3, 0.4) is 0 Å². The van der Waals surface area contributed by atoms with Crippen molar-refractivity contribution in [2.24, 2.45) is 11.7 Å². The number of carbonyl (C=O) groups excluding carboxylic acids is 3. The molecule has 4 N–H and O–H groups in total. The fraction of sp³-hybridized carbons (Fsp3) is 0.875. The molecular formula is C24H44N4O4S. The monoisotopic (exact) mass is 484 g/mol. The van der Waals surface area contributed by atoms with Crippen LogP contribution in [0.15, 0.2) is 0 Å². The summed E-state index contributed by atoms with van der Waals surface area (Å²) in [6.45, 7) is 9.40. The lowest BCUT2D eigenvalue weighted by Gasteiger charge is -2.37. The molecule has 1 aliphatic heterocycles. The molecule has 0 aromatic rings. The molecule has 0 spiro atoms. The molecule has 9 heteroatoms. The minimum Gasteiger partial charge on any atom is -0.450 e. The minimum atomic E-state index is -0.772. The van der Waals surface area contributed by atoms with Crippen LogP contribution in [0, 0.1) is 5.92 Å². The molecular weight excluding hydrogens is 440 g/mol. The van der Waals surface area contributed by atoms with Crippen LogP contribution in [0.1, 0.15) is 79.1 Å². The Bertz CT molecular complexity index is 652. The van der Waals surface area contributed by atoms with Crippen molar-refractivity contribution in [3.8, 4) is 0 Å². The average molecular weight is 485 g/mol. The van der Waals surface area contributed by atoms with E-state index in [1.807, 2.05) is 20.8 Å². The number of hydrogen-bond acceptors (Lipinski definition) is 6. The Labute approximate surface area is 203 Å². The maximum Gasteiger partial charge on any atom is 0.407 e. The minimum absolute atomic E-state index is 0.0953.